The highest BCUT2D eigenvalue weighted by atomic mass is 35.5. The van der Waals surface area contributed by atoms with E-state index in [1.165, 1.54) is 335 Å². The highest BCUT2D eigenvalue weighted by Gasteiger charge is 2.07. The Hall–Kier alpha value is 0.500. The van der Waals surface area contributed by atoms with Crippen LogP contribution in [0.15, 0.2) is 0 Å². The highest BCUT2D eigenvalue weighted by molar-refractivity contribution is 6.18. The predicted molar refractivity (Wildman–Crippen MR) is 301 cm³/mol. The minimum Gasteiger partial charge on any atom is -0.303 e. The third-order valence-electron chi connectivity index (χ3n) is 13.5. The van der Waals surface area contributed by atoms with Gasteiger partial charge in [-0.15, -0.1) is 23.2 Å². The van der Waals surface area contributed by atoms with Gasteiger partial charge >= 0.3 is 0 Å². The molecular weight excluding hydrogens is 820 g/mol. The molecule has 0 bridgehead atoms. The summed E-state index contributed by atoms with van der Waals surface area (Å²) >= 11 is 11.2. The summed E-state index contributed by atoms with van der Waals surface area (Å²) < 4.78 is 0. The van der Waals surface area contributed by atoms with Crippen LogP contribution in [0.25, 0.3) is 0 Å². The van der Waals surface area contributed by atoms with Crippen molar-refractivity contribution in [3.8, 4) is 0 Å². The molecular formula is C60H126Cl2N2. The van der Waals surface area contributed by atoms with Crippen LogP contribution in [0.1, 0.15) is 337 Å². The van der Waals surface area contributed by atoms with Crippen LogP contribution in [0, 0.1) is 0 Å². The van der Waals surface area contributed by atoms with Crippen molar-refractivity contribution in [2.45, 2.75) is 337 Å². The van der Waals surface area contributed by atoms with Gasteiger partial charge in [0.25, 0.3) is 0 Å². The van der Waals surface area contributed by atoms with Crippen LogP contribution in [0.3, 0.4) is 0 Å². The molecule has 0 aliphatic rings. The van der Waals surface area contributed by atoms with Gasteiger partial charge in [-0.05, 0) is 90.6 Å². The molecule has 0 N–H and O–H groups in total. The average molecular weight is 947 g/mol. The van der Waals surface area contributed by atoms with E-state index in [0.717, 1.165) is 11.8 Å². The SMILES string of the molecule is CCCCCCCCN(CCCCCCCC)CCCCCCCC.CCCCCCCCN(CCCCCCCC)CCCCCCCC.ClCCCCCCCCCCCCCl. The van der Waals surface area contributed by atoms with Gasteiger partial charge < -0.3 is 9.80 Å². The first-order valence-corrected chi connectivity index (χ1v) is 31.2. The molecule has 0 unspecified atom stereocenters. The lowest BCUT2D eigenvalue weighted by atomic mass is 10.1. The maximum Gasteiger partial charge on any atom is 0.0223 e. The molecule has 0 aromatic rings. The van der Waals surface area contributed by atoms with Crippen LogP contribution in [0.2, 0.25) is 0 Å². The molecule has 0 heterocycles. The molecule has 0 rings (SSSR count). The van der Waals surface area contributed by atoms with E-state index in [4.69, 9.17) is 23.2 Å². The van der Waals surface area contributed by atoms with E-state index in [1.54, 1.807) is 0 Å². The summed E-state index contributed by atoms with van der Waals surface area (Å²) in [4.78, 5) is 5.58. The fourth-order valence-corrected chi connectivity index (χ4v) is 9.35. The van der Waals surface area contributed by atoms with Crippen LogP contribution < -0.4 is 0 Å². The van der Waals surface area contributed by atoms with Gasteiger partial charge in [0.05, 0.1) is 0 Å². The summed E-state index contributed by atoms with van der Waals surface area (Å²) in [6, 6.07) is 0. The smallest absolute Gasteiger partial charge is 0.0223 e. The van der Waals surface area contributed by atoms with Crippen molar-refractivity contribution in [3.05, 3.63) is 0 Å². The third-order valence-corrected chi connectivity index (χ3v) is 14.0. The lowest BCUT2D eigenvalue weighted by Crippen LogP contribution is -2.27. The lowest BCUT2D eigenvalue weighted by molar-refractivity contribution is 0.254. The van der Waals surface area contributed by atoms with E-state index in [1.807, 2.05) is 0 Å². The van der Waals surface area contributed by atoms with Crippen molar-refractivity contribution in [1.82, 2.24) is 9.80 Å². The molecule has 0 amide bonds. The van der Waals surface area contributed by atoms with Gasteiger partial charge in [0.15, 0.2) is 0 Å². The van der Waals surface area contributed by atoms with Gasteiger partial charge in [-0.1, -0.05) is 286 Å². The summed E-state index contributed by atoms with van der Waals surface area (Å²) in [6.45, 7) is 22.0. The second-order valence-electron chi connectivity index (χ2n) is 20.2. The molecule has 0 saturated carbocycles. The number of hydrogen-bond acceptors (Lipinski definition) is 2. The first-order valence-electron chi connectivity index (χ1n) is 30.2. The Kier molecular flexibility index (Phi) is 72.8. The Balaban J connectivity index is -0.000000909. The van der Waals surface area contributed by atoms with E-state index in [-0.39, 0.29) is 0 Å². The zero-order valence-electron chi connectivity index (χ0n) is 45.8. The second kappa shape index (κ2) is 67.8. The minimum absolute atomic E-state index is 0.832. The number of rotatable bonds is 53. The quantitative estimate of drug-likeness (QED) is 0.0443. The van der Waals surface area contributed by atoms with Gasteiger partial charge in [0.2, 0.25) is 0 Å². The maximum absolute atomic E-state index is 5.60. The molecule has 0 aliphatic heterocycles. The van der Waals surface area contributed by atoms with Crippen LogP contribution in [-0.4, -0.2) is 60.8 Å². The van der Waals surface area contributed by atoms with Crippen LogP contribution in [0.4, 0.5) is 0 Å². The zero-order chi connectivity index (χ0) is 47.3. The topological polar surface area (TPSA) is 6.48 Å². The fourth-order valence-electron chi connectivity index (χ4n) is 8.97. The molecule has 0 fully saturated rings. The minimum atomic E-state index is 0.832. The highest BCUT2D eigenvalue weighted by Crippen LogP contribution is 2.14. The standard InChI is InChI=1S/2C24H51N.C12H24Cl2/c2*1-4-7-10-13-16-19-22-25(23-20-17-14-11-8-5-2)24-21-18-15-12-9-6-3;13-11-9-7-5-3-1-2-4-6-8-10-12-14/h2*4-24H2,1-3H3;1-12H2. The molecule has 0 radical (unpaired) electrons. The summed E-state index contributed by atoms with van der Waals surface area (Å²) in [7, 11) is 0. The lowest BCUT2D eigenvalue weighted by Gasteiger charge is -2.22. The normalized spacial score (nSPS) is 11.3. The van der Waals surface area contributed by atoms with E-state index in [9.17, 15) is 0 Å². The summed E-state index contributed by atoms with van der Waals surface area (Å²) in [5.74, 6) is 1.66. The summed E-state index contributed by atoms with van der Waals surface area (Å²) in [6.07, 6.45) is 64.8. The van der Waals surface area contributed by atoms with Crippen molar-refractivity contribution in [2.24, 2.45) is 0 Å². The molecule has 0 saturated heterocycles. The van der Waals surface area contributed by atoms with Crippen molar-refractivity contribution in [1.29, 1.82) is 0 Å². The third kappa shape index (κ3) is 66.8. The second-order valence-corrected chi connectivity index (χ2v) is 21.0. The van der Waals surface area contributed by atoms with Crippen molar-refractivity contribution in [3.63, 3.8) is 0 Å². The Morgan fingerprint density at radius 1 is 0.172 bits per heavy atom. The van der Waals surface area contributed by atoms with Gasteiger partial charge in [-0.2, -0.15) is 0 Å². The Labute approximate surface area is 418 Å². The van der Waals surface area contributed by atoms with E-state index >= 15 is 0 Å². The monoisotopic (exact) mass is 945 g/mol. The molecule has 390 valence electrons. The predicted octanol–water partition coefficient (Wildman–Crippen LogP) is 22.1. The molecule has 0 spiro atoms. The molecule has 0 atom stereocenters. The molecule has 4 heteroatoms. The number of hydrogen-bond donors (Lipinski definition) is 0. The Bertz CT molecular complexity index is 598. The molecule has 0 aromatic heterocycles. The molecule has 0 aliphatic carbocycles. The van der Waals surface area contributed by atoms with Gasteiger partial charge in [-0.25, -0.2) is 0 Å². The van der Waals surface area contributed by atoms with E-state index < -0.39 is 0 Å². The first-order chi connectivity index (χ1) is 31.6. The maximum atomic E-state index is 5.60. The Morgan fingerprint density at radius 3 is 0.438 bits per heavy atom. The van der Waals surface area contributed by atoms with Gasteiger partial charge in [-0.3, -0.25) is 0 Å². The first kappa shape index (κ1) is 68.8. The van der Waals surface area contributed by atoms with Crippen LogP contribution in [0.5, 0.6) is 0 Å². The number of halogens is 2. The molecule has 2 nitrogen and oxygen atoms in total. The zero-order valence-corrected chi connectivity index (χ0v) is 47.3. The largest absolute Gasteiger partial charge is 0.303 e. The van der Waals surface area contributed by atoms with Crippen molar-refractivity contribution >= 4 is 23.2 Å². The summed E-state index contributed by atoms with van der Waals surface area (Å²) in [5, 5.41) is 0. The summed E-state index contributed by atoms with van der Waals surface area (Å²) in [5.41, 5.74) is 0. The van der Waals surface area contributed by atoms with Gasteiger partial charge in [0.1, 0.15) is 0 Å². The number of nitrogens with zero attached hydrogens (tertiary/aromatic N) is 2. The van der Waals surface area contributed by atoms with E-state index in [0.29, 0.717) is 0 Å². The Morgan fingerprint density at radius 2 is 0.297 bits per heavy atom. The fraction of sp³-hybridized carbons (Fsp3) is 1.00. The van der Waals surface area contributed by atoms with E-state index in [2.05, 4.69) is 51.3 Å². The number of unbranched alkanes of at least 4 members (excludes halogenated alkanes) is 39. The molecule has 0 aromatic carbocycles. The van der Waals surface area contributed by atoms with Gasteiger partial charge in [0, 0.05) is 11.8 Å². The van der Waals surface area contributed by atoms with Crippen molar-refractivity contribution in [2.75, 3.05) is 51.0 Å². The van der Waals surface area contributed by atoms with Crippen molar-refractivity contribution < 1.29 is 0 Å². The average Bonchev–Trinajstić information content (AvgIpc) is 3.31. The number of alkyl halides is 2. The molecule has 64 heavy (non-hydrogen) atoms. The van der Waals surface area contributed by atoms with Crippen LogP contribution >= 0.6 is 23.2 Å². The van der Waals surface area contributed by atoms with Crippen LogP contribution in [-0.2, 0) is 0 Å².